The van der Waals surface area contributed by atoms with E-state index in [1.165, 1.54) is 36.0 Å². The molecule has 0 amide bonds. The number of hydrogen-bond donors (Lipinski definition) is 1. The van der Waals surface area contributed by atoms with E-state index in [1.807, 2.05) is 13.1 Å². The zero-order chi connectivity index (χ0) is 13.9. The Kier molecular flexibility index (Phi) is 4.09. The molecule has 1 aliphatic rings. The fourth-order valence-corrected chi connectivity index (χ4v) is 3.09. The number of nitrogens with one attached hydrogen (secondary N) is 1. The van der Waals surface area contributed by atoms with Crippen molar-refractivity contribution in [3.8, 4) is 11.1 Å². The molecular formula is C18H20ClN. The van der Waals surface area contributed by atoms with Gasteiger partial charge in [0, 0.05) is 11.6 Å². The second-order valence-corrected chi connectivity index (χ2v) is 5.96. The molecular weight excluding hydrogens is 266 g/mol. The maximum Gasteiger partial charge on any atom is 0.0451 e. The maximum absolute atomic E-state index is 6.26. The predicted molar refractivity (Wildman–Crippen MR) is 86.2 cm³/mol. The van der Waals surface area contributed by atoms with E-state index in [9.17, 15) is 0 Å². The van der Waals surface area contributed by atoms with Gasteiger partial charge in [0.2, 0.25) is 0 Å². The molecule has 0 radical (unpaired) electrons. The van der Waals surface area contributed by atoms with E-state index >= 15 is 0 Å². The average Bonchev–Trinajstić information content (AvgIpc) is 2.40. The molecule has 0 bridgehead atoms. The number of hydrogen-bond acceptors (Lipinski definition) is 1. The molecule has 2 aromatic rings. The summed E-state index contributed by atoms with van der Waals surface area (Å²) in [6, 6.07) is 15.2. The van der Waals surface area contributed by atoms with Gasteiger partial charge in [0.15, 0.2) is 0 Å². The van der Waals surface area contributed by atoms with Crippen LogP contribution in [-0.2, 0) is 6.54 Å². The fourth-order valence-electron chi connectivity index (χ4n) is 2.90. The molecule has 0 unspecified atom stereocenters. The molecule has 0 saturated heterocycles. The first-order chi connectivity index (χ1) is 9.79. The molecule has 1 nitrogen and oxygen atoms in total. The molecule has 1 N–H and O–H groups in total. The van der Waals surface area contributed by atoms with Crippen molar-refractivity contribution in [3.05, 3.63) is 58.6 Å². The van der Waals surface area contributed by atoms with Crippen LogP contribution < -0.4 is 5.32 Å². The van der Waals surface area contributed by atoms with E-state index in [4.69, 9.17) is 11.6 Å². The van der Waals surface area contributed by atoms with Crippen molar-refractivity contribution in [3.63, 3.8) is 0 Å². The topological polar surface area (TPSA) is 12.0 Å². The van der Waals surface area contributed by atoms with Gasteiger partial charge in [-0.2, -0.15) is 0 Å². The van der Waals surface area contributed by atoms with E-state index in [-0.39, 0.29) is 0 Å². The van der Waals surface area contributed by atoms with Crippen LogP contribution in [0.4, 0.5) is 0 Å². The molecule has 1 fully saturated rings. The first-order valence-corrected chi connectivity index (χ1v) is 7.69. The van der Waals surface area contributed by atoms with Gasteiger partial charge in [0.25, 0.3) is 0 Å². The average molecular weight is 286 g/mol. The Morgan fingerprint density at radius 1 is 1.15 bits per heavy atom. The van der Waals surface area contributed by atoms with Gasteiger partial charge in [-0.05, 0) is 60.2 Å². The van der Waals surface area contributed by atoms with Gasteiger partial charge in [-0.15, -0.1) is 0 Å². The first kappa shape index (κ1) is 13.7. The minimum atomic E-state index is 0.745. The maximum atomic E-state index is 6.26. The SMILES string of the molecule is CNCc1cc(-c2ccccc2C2CCC2)ccc1Cl. The van der Waals surface area contributed by atoms with E-state index in [1.54, 1.807) is 0 Å². The van der Waals surface area contributed by atoms with Crippen molar-refractivity contribution in [2.45, 2.75) is 31.7 Å². The van der Waals surface area contributed by atoms with E-state index in [0.717, 1.165) is 23.0 Å². The van der Waals surface area contributed by atoms with Crippen LogP contribution in [0, 0.1) is 0 Å². The second-order valence-electron chi connectivity index (χ2n) is 5.55. The predicted octanol–water partition coefficient (Wildman–Crippen LogP) is 4.99. The van der Waals surface area contributed by atoms with Crippen molar-refractivity contribution in [1.82, 2.24) is 5.32 Å². The Balaban J connectivity index is 2.02. The summed E-state index contributed by atoms with van der Waals surface area (Å²) in [5.74, 6) is 0.745. The lowest BCUT2D eigenvalue weighted by molar-refractivity contribution is 0.420. The molecule has 0 aliphatic heterocycles. The highest BCUT2D eigenvalue weighted by Crippen LogP contribution is 2.41. The molecule has 0 heterocycles. The quantitative estimate of drug-likeness (QED) is 0.834. The molecule has 104 valence electrons. The van der Waals surface area contributed by atoms with Crippen molar-refractivity contribution in [2.24, 2.45) is 0 Å². The van der Waals surface area contributed by atoms with Crippen LogP contribution in [0.15, 0.2) is 42.5 Å². The molecule has 0 atom stereocenters. The lowest BCUT2D eigenvalue weighted by atomic mass is 9.77. The standard InChI is InChI=1S/C18H20ClN/c1-20-12-15-11-14(9-10-18(15)19)17-8-3-2-7-16(17)13-5-4-6-13/h2-3,7-11,13,20H,4-6,12H2,1H3. The van der Waals surface area contributed by atoms with E-state index < -0.39 is 0 Å². The minimum absolute atomic E-state index is 0.745. The summed E-state index contributed by atoms with van der Waals surface area (Å²) in [6.07, 6.45) is 4.02. The molecule has 0 aromatic heterocycles. The van der Waals surface area contributed by atoms with Gasteiger partial charge in [0.05, 0.1) is 0 Å². The Hall–Kier alpha value is -1.31. The third-order valence-corrected chi connectivity index (χ3v) is 4.60. The summed E-state index contributed by atoms with van der Waals surface area (Å²) in [5, 5.41) is 4.02. The van der Waals surface area contributed by atoms with Crippen LogP contribution in [0.3, 0.4) is 0 Å². The summed E-state index contributed by atoms with van der Waals surface area (Å²) in [7, 11) is 1.95. The first-order valence-electron chi connectivity index (χ1n) is 7.32. The van der Waals surface area contributed by atoms with Gasteiger partial charge in [0.1, 0.15) is 0 Å². The number of rotatable bonds is 4. The molecule has 1 aliphatic carbocycles. The van der Waals surface area contributed by atoms with Crippen molar-refractivity contribution in [2.75, 3.05) is 7.05 Å². The van der Waals surface area contributed by atoms with Gasteiger partial charge in [-0.3, -0.25) is 0 Å². The molecule has 1 saturated carbocycles. The third kappa shape index (κ3) is 2.61. The fraction of sp³-hybridized carbons (Fsp3) is 0.333. The lowest BCUT2D eigenvalue weighted by Gasteiger charge is -2.28. The van der Waals surface area contributed by atoms with Crippen LogP contribution in [-0.4, -0.2) is 7.05 Å². The monoisotopic (exact) mass is 285 g/mol. The number of benzene rings is 2. The van der Waals surface area contributed by atoms with Gasteiger partial charge in [-0.1, -0.05) is 48.4 Å². The molecule has 3 rings (SSSR count). The Morgan fingerprint density at radius 3 is 2.65 bits per heavy atom. The summed E-state index contributed by atoms with van der Waals surface area (Å²) in [4.78, 5) is 0. The molecule has 2 aromatic carbocycles. The lowest BCUT2D eigenvalue weighted by Crippen LogP contribution is -2.10. The molecule has 2 heteroatoms. The number of halogens is 1. The van der Waals surface area contributed by atoms with Crippen molar-refractivity contribution < 1.29 is 0 Å². The largest absolute Gasteiger partial charge is 0.316 e. The Morgan fingerprint density at radius 2 is 1.95 bits per heavy atom. The van der Waals surface area contributed by atoms with Crippen LogP contribution in [0.2, 0.25) is 5.02 Å². The van der Waals surface area contributed by atoms with Crippen LogP contribution in [0.25, 0.3) is 11.1 Å². The van der Waals surface area contributed by atoms with Gasteiger partial charge < -0.3 is 5.32 Å². The van der Waals surface area contributed by atoms with Gasteiger partial charge >= 0.3 is 0 Å². The van der Waals surface area contributed by atoms with Crippen LogP contribution in [0.5, 0.6) is 0 Å². The zero-order valence-corrected chi connectivity index (χ0v) is 12.6. The third-order valence-electron chi connectivity index (χ3n) is 4.23. The second kappa shape index (κ2) is 5.99. The van der Waals surface area contributed by atoms with Crippen molar-refractivity contribution >= 4 is 11.6 Å². The normalized spacial score (nSPS) is 15.1. The molecule has 20 heavy (non-hydrogen) atoms. The zero-order valence-electron chi connectivity index (χ0n) is 11.8. The van der Waals surface area contributed by atoms with E-state index in [0.29, 0.717) is 0 Å². The van der Waals surface area contributed by atoms with Gasteiger partial charge in [-0.25, -0.2) is 0 Å². The Labute approximate surface area is 126 Å². The van der Waals surface area contributed by atoms with E-state index in [2.05, 4.69) is 41.7 Å². The highest BCUT2D eigenvalue weighted by molar-refractivity contribution is 6.31. The van der Waals surface area contributed by atoms with Crippen LogP contribution >= 0.6 is 11.6 Å². The Bertz CT molecular complexity index is 602. The summed E-state index contributed by atoms with van der Waals surface area (Å²) in [5.41, 5.74) is 5.31. The van der Waals surface area contributed by atoms with Crippen LogP contribution in [0.1, 0.15) is 36.3 Å². The minimum Gasteiger partial charge on any atom is -0.316 e. The highest BCUT2D eigenvalue weighted by atomic mass is 35.5. The molecule has 0 spiro atoms. The summed E-state index contributed by atoms with van der Waals surface area (Å²) < 4.78 is 0. The van der Waals surface area contributed by atoms with Crippen molar-refractivity contribution in [1.29, 1.82) is 0 Å². The summed E-state index contributed by atoms with van der Waals surface area (Å²) >= 11 is 6.26. The highest BCUT2D eigenvalue weighted by Gasteiger charge is 2.22. The summed E-state index contributed by atoms with van der Waals surface area (Å²) in [6.45, 7) is 0.804. The smallest absolute Gasteiger partial charge is 0.0451 e.